The Morgan fingerprint density at radius 2 is 2.28 bits per heavy atom. The van der Waals surface area contributed by atoms with Crippen LogP contribution in [-0.4, -0.2) is 51.8 Å². The van der Waals surface area contributed by atoms with E-state index in [0.717, 1.165) is 12.8 Å². The molecule has 0 radical (unpaired) electrons. The first-order valence-corrected chi connectivity index (χ1v) is 8.06. The molecule has 1 aromatic heterocycles. The molecule has 1 atom stereocenters. The van der Waals surface area contributed by atoms with E-state index >= 15 is 0 Å². The number of hydrogen-bond donors (Lipinski definition) is 1. The SMILES string of the molecule is COC(=O)c1cccc(-c2noc(CN3CCCCC(O)C3=O)n2)c1. The number of ether oxygens (including phenoxy) is 1. The Bertz CT molecular complexity index is 773. The highest BCUT2D eigenvalue weighted by molar-refractivity contribution is 5.90. The van der Waals surface area contributed by atoms with Gasteiger partial charge < -0.3 is 19.3 Å². The molecule has 0 spiro atoms. The molecule has 132 valence electrons. The highest BCUT2D eigenvalue weighted by atomic mass is 16.5. The number of esters is 1. The summed E-state index contributed by atoms with van der Waals surface area (Å²) in [7, 11) is 1.31. The van der Waals surface area contributed by atoms with Gasteiger partial charge in [0.1, 0.15) is 12.6 Å². The normalized spacial score (nSPS) is 18.1. The molecule has 8 nitrogen and oxygen atoms in total. The topological polar surface area (TPSA) is 106 Å². The molecular formula is C17H19N3O5. The summed E-state index contributed by atoms with van der Waals surface area (Å²) in [4.78, 5) is 29.5. The molecule has 1 amide bonds. The van der Waals surface area contributed by atoms with Crippen molar-refractivity contribution in [1.82, 2.24) is 15.0 Å². The molecule has 2 aromatic rings. The molecule has 3 rings (SSSR count). The van der Waals surface area contributed by atoms with Gasteiger partial charge in [0.2, 0.25) is 11.7 Å². The zero-order chi connectivity index (χ0) is 17.8. The van der Waals surface area contributed by atoms with E-state index in [9.17, 15) is 14.7 Å². The van der Waals surface area contributed by atoms with Crippen LogP contribution in [0.3, 0.4) is 0 Å². The van der Waals surface area contributed by atoms with Crippen molar-refractivity contribution >= 4 is 11.9 Å². The van der Waals surface area contributed by atoms with Crippen molar-refractivity contribution in [3.8, 4) is 11.4 Å². The molecular weight excluding hydrogens is 326 g/mol. The van der Waals surface area contributed by atoms with Gasteiger partial charge in [0.15, 0.2) is 0 Å². The van der Waals surface area contributed by atoms with Crippen LogP contribution in [0, 0.1) is 0 Å². The molecule has 8 heteroatoms. The Labute approximate surface area is 144 Å². The Balaban J connectivity index is 1.76. The van der Waals surface area contributed by atoms with Crippen LogP contribution < -0.4 is 0 Å². The van der Waals surface area contributed by atoms with Crippen LogP contribution in [0.2, 0.25) is 0 Å². The van der Waals surface area contributed by atoms with Gasteiger partial charge in [-0.1, -0.05) is 17.3 Å². The van der Waals surface area contributed by atoms with Gasteiger partial charge in [-0.2, -0.15) is 4.98 Å². The molecule has 25 heavy (non-hydrogen) atoms. The molecule has 2 heterocycles. The number of benzene rings is 1. The van der Waals surface area contributed by atoms with E-state index in [-0.39, 0.29) is 18.3 Å². The Kier molecular flexibility index (Phi) is 5.08. The van der Waals surface area contributed by atoms with Crippen molar-refractivity contribution in [3.63, 3.8) is 0 Å². The fourth-order valence-corrected chi connectivity index (χ4v) is 2.74. The molecule has 1 aliphatic heterocycles. The standard InChI is InChI=1S/C17H19N3O5/c1-24-17(23)12-6-4-5-11(9-12)15-18-14(25-19-15)10-20-8-3-2-7-13(21)16(20)22/h4-6,9,13,21H,2-3,7-8,10H2,1H3. The minimum Gasteiger partial charge on any atom is -0.465 e. The minimum atomic E-state index is -0.971. The number of carbonyl (C=O) groups excluding carboxylic acids is 2. The molecule has 1 saturated heterocycles. The number of hydrogen-bond acceptors (Lipinski definition) is 7. The number of carbonyl (C=O) groups is 2. The van der Waals surface area contributed by atoms with Gasteiger partial charge in [0, 0.05) is 12.1 Å². The lowest BCUT2D eigenvalue weighted by Gasteiger charge is -2.19. The summed E-state index contributed by atoms with van der Waals surface area (Å²) in [6, 6.07) is 6.70. The third-order valence-electron chi connectivity index (χ3n) is 4.09. The lowest BCUT2D eigenvalue weighted by molar-refractivity contribution is -0.140. The second kappa shape index (κ2) is 7.43. The smallest absolute Gasteiger partial charge is 0.337 e. The molecule has 1 unspecified atom stereocenters. The fraction of sp³-hybridized carbons (Fsp3) is 0.412. The van der Waals surface area contributed by atoms with E-state index in [1.807, 2.05) is 0 Å². The summed E-state index contributed by atoms with van der Waals surface area (Å²) in [5.74, 6) is -0.163. The van der Waals surface area contributed by atoms with Crippen molar-refractivity contribution < 1.29 is 24.0 Å². The van der Waals surface area contributed by atoms with Gasteiger partial charge in [-0.15, -0.1) is 0 Å². The number of aliphatic hydroxyl groups excluding tert-OH is 1. The lowest BCUT2D eigenvalue weighted by Crippen LogP contribution is -2.37. The number of nitrogens with zero attached hydrogens (tertiary/aromatic N) is 3. The van der Waals surface area contributed by atoms with E-state index in [4.69, 9.17) is 9.26 Å². The maximum atomic E-state index is 12.1. The van der Waals surface area contributed by atoms with Crippen LogP contribution in [0.25, 0.3) is 11.4 Å². The maximum absolute atomic E-state index is 12.1. The molecule has 1 aromatic carbocycles. The van der Waals surface area contributed by atoms with E-state index in [1.54, 1.807) is 24.3 Å². The van der Waals surface area contributed by atoms with Gasteiger partial charge >= 0.3 is 5.97 Å². The van der Waals surface area contributed by atoms with Crippen LogP contribution in [0.5, 0.6) is 0 Å². The minimum absolute atomic E-state index is 0.152. The summed E-state index contributed by atoms with van der Waals surface area (Å²) >= 11 is 0. The summed E-state index contributed by atoms with van der Waals surface area (Å²) in [6.45, 7) is 0.699. The van der Waals surface area contributed by atoms with Crippen molar-refractivity contribution in [2.24, 2.45) is 0 Å². The number of aliphatic hydroxyl groups is 1. The predicted octanol–water partition coefficient (Wildman–Crippen LogP) is 1.40. The average molecular weight is 345 g/mol. The highest BCUT2D eigenvalue weighted by Gasteiger charge is 2.26. The zero-order valence-corrected chi connectivity index (χ0v) is 13.8. The Hall–Kier alpha value is -2.74. The average Bonchev–Trinajstić information content (AvgIpc) is 3.05. The number of amides is 1. The van der Waals surface area contributed by atoms with E-state index < -0.39 is 12.1 Å². The van der Waals surface area contributed by atoms with Crippen LogP contribution in [-0.2, 0) is 16.1 Å². The first kappa shape index (κ1) is 17.1. The molecule has 1 fully saturated rings. The highest BCUT2D eigenvalue weighted by Crippen LogP contribution is 2.20. The van der Waals surface area contributed by atoms with Crippen molar-refractivity contribution in [1.29, 1.82) is 0 Å². The third-order valence-corrected chi connectivity index (χ3v) is 4.09. The summed E-state index contributed by atoms with van der Waals surface area (Å²) < 4.78 is 9.92. The predicted molar refractivity (Wildman–Crippen MR) is 86.3 cm³/mol. The van der Waals surface area contributed by atoms with Crippen LogP contribution in [0.15, 0.2) is 28.8 Å². The van der Waals surface area contributed by atoms with Crippen LogP contribution in [0.4, 0.5) is 0 Å². The Morgan fingerprint density at radius 1 is 1.44 bits per heavy atom. The van der Waals surface area contributed by atoms with Gasteiger partial charge in [0.05, 0.1) is 12.7 Å². The van der Waals surface area contributed by atoms with E-state index in [0.29, 0.717) is 29.9 Å². The quantitative estimate of drug-likeness (QED) is 0.835. The lowest BCUT2D eigenvalue weighted by atomic mass is 10.1. The molecule has 0 saturated carbocycles. The van der Waals surface area contributed by atoms with Gasteiger partial charge in [0.25, 0.3) is 5.91 Å². The van der Waals surface area contributed by atoms with Crippen molar-refractivity contribution in [2.75, 3.05) is 13.7 Å². The van der Waals surface area contributed by atoms with Crippen molar-refractivity contribution in [2.45, 2.75) is 31.9 Å². The second-order valence-electron chi connectivity index (χ2n) is 5.86. The second-order valence-corrected chi connectivity index (χ2v) is 5.86. The summed E-state index contributed by atoms with van der Waals surface area (Å²) in [5, 5.41) is 13.7. The van der Waals surface area contributed by atoms with Crippen LogP contribution >= 0.6 is 0 Å². The number of aromatic nitrogens is 2. The Morgan fingerprint density at radius 3 is 3.08 bits per heavy atom. The van der Waals surface area contributed by atoms with Crippen molar-refractivity contribution in [3.05, 3.63) is 35.7 Å². The third kappa shape index (κ3) is 3.85. The molecule has 0 aliphatic carbocycles. The number of rotatable bonds is 4. The number of likely N-dealkylation sites (tertiary alicyclic amines) is 1. The molecule has 1 aliphatic rings. The van der Waals surface area contributed by atoms with Crippen LogP contribution in [0.1, 0.15) is 35.5 Å². The monoisotopic (exact) mass is 345 g/mol. The fourth-order valence-electron chi connectivity index (χ4n) is 2.74. The van der Waals surface area contributed by atoms with E-state index in [1.165, 1.54) is 12.0 Å². The first-order valence-electron chi connectivity index (χ1n) is 8.06. The molecule has 1 N–H and O–H groups in total. The van der Waals surface area contributed by atoms with E-state index in [2.05, 4.69) is 10.1 Å². The van der Waals surface area contributed by atoms with Gasteiger partial charge in [-0.3, -0.25) is 4.79 Å². The molecule has 0 bridgehead atoms. The first-order chi connectivity index (χ1) is 12.1. The number of methoxy groups -OCH3 is 1. The van der Waals surface area contributed by atoms with Gasteiger partial charge in [-0.05, 0) is 31.4 Å². The zero-order valence-electron chi connectivity index (χ0n) is 13.8. The van der Waals surface area contributed by atoms with Gasteiger partial charge in [-0.25, -0.2) is 4.79 Å². The largest absolute Gasteiger partial charge is 0.465 e. The maximum Gasteiger partial charge on any atom is 0.337 e. The summed E-state index contributed by atoms with van der Waals surface area (Å²) in [5.41, 5.74) is 0.997. The summed E-state index contributed by atoms with van der Waals surface area (Å²) in [6.07, 6.45) is 1.13.